The zero-order valence-electron chi connectivity index (χ0n) is 14.5. The molecule has 0 heterocycles. The Morgan fingerprint density at radius 3 is 2.00 bits per heavy atom. The lowest BCUT2D eigenvalue weighted by molar-refractivity contribution is 0.305. The van der Waals surface area contributed by atoms with Crippen LogP contribution in [0.15, 0.2) is 18.2 Å². The van der Waals surface area contributed by atoms with Crippen LogP contribution in [0.4, 0.5) is 0 Å². The van der Waals surface area contributed by atoms with Crippen molar-refractivity contribution in [2.75, 3.05) is 6.61 Å². The second-order valence-corrected chi connectivity index (χ2v) is 7.03. The third kappa shape index (κ3) is 3.77. The summed E-state index contributed by atoms with van der Waals surface area (Å²) >= 11 is 0. The molecule has 20 heavy (non-hydrogen) atoms. The first-order chi connectivity index (χ1) is 9.28. The molecular formula is C19H32O. The lowest BCUT2D eigenvalue weighted by Gasteiger charge is -2.29. The zero-order valence-corrected chi connectivity index (χ0v) is 14.5. The van der Waals surface area contributed by atoms with Crippen molar-refractivity contribution in [1.82, 2.24) is 0 Å². The molecule has 1 aromatic rings. The van der Waals surface area contributed by atoms with E-state index in [0.29, 0.717) is 0 Å². The Morgan fingerprint density at radius 2 is 1.50 bits per heavy atom. The fourth-order valence-electron chi connectivity index (χ4n) is 2.23. The highest BCUT2D eigenvalue weighted by Crippen LogP contribution is 2.38. The van der Waals surface area contributed by atoms with Crippen LogP contribution in [-0.4, -0.2) is 6.61 Å². The minimum absolute atomic E-state index is 0.165. The van der Waals surface area contributed by atoms with Crippen LogP contribution in [0.1, 0.15) is 78.9 Å². The van der Waals surface area contributed by atoms with Gasteiger partial charge in [0.2, 0.25) is 0 Å². The Morgan fingerprint density at radius 1 is 0.900 bits per heavy atom. The molecule has 0 aliphatic heterocycles. The zero-order chi connectivity index (χ0) is 15.4. The maximum absolute atomic E-state index is 6.05. The van der Waals surface area contributed by atoms with E-state index in [9.17, 15) is 0 Å². The third-order valence-corrected chi connectivity index (χ3v) is 4.72. The van der Waals surface area contributed by atoms with Crippen molar-refractivity contribution >= 4 is 0 Å². The number of hydrogen-bond acceptors (Lipinski definition) is 1. The van der Waals surface area contributed by atoms with E-state index >= 15 is 0 Å². The largest absolute Gasteiger partial charge is 0.493 e. The summed E-state index contributed by atoms with van der Waals surface area (Å²) in [6.07, 6.45) is 3.30. The average molecular weight is 276 g/mol. The van der Waals surface area contributed by atoms with Crippen molar-refractivity contribution in [2.45, 2.75) is 78.6 Å². The van der Waals surface area contributed by atoms with Gasteiger partial charge in [0.15, 0.2) is 0 Å². The highest BCUT2D eigenvalue weighted by Gasteiger charge is 2.25. The summed E-state index contributed by atoms with van der Waals surface area (Å²) in [6, 6.07) is 6.84. The van der Waals surface area contributed by atoms with Gasteiger partial charge >= 0.3 is 0 Å². The van der Waals surface area contributed by atoms with E-state index in [-0.39, 0.29) is 10.8 Å². The Balaban J connectivity index is 3.26. The first kappa shape index (κ1) is 17.1. The number of rotatable bonds is 7. The van der Waals surface area contributed by atoms with E-state index in [4.69, 9.17) is 4.74 Å². The van der Waals surface area contributed by atoms with Gasteiger partial charge in [-0.15, -0.1) is 0 Å². The third-order valence-electron chi connectivity index (χ3n) is 4.72. The molecule has 0 amide bonds. The van der Waals surface area contributed by atoms with Crippen molar-refractivity contribution in [3.05, 3.63) is 29.3 Å². The van der Waals surface area contributed by atoms with E-state index in [1.54, 1.807) is 0 Å². The van der Waals surface area contributed by atoms with Gasteiger partial charge in [-0.1, -0.05) is 60.6 Å². The van der Waals surface area contributed by atoms with Crippen molar-refractivity contribution in [3.63, 3.8) is 0 Å². The van der Waals surface area contributed by atoms with Crippen molar-refractivity contribution in [3.8, 4) is 5.75 Å². The molecule has 0 saturated carbocycles. The van der Waals surface area contributed by atoms with E-state index in [2.05, 4.69) is 66.7 Å². The van der Waals surface area contributed by atoms with Crippen LogP contribution >= 0.6 is 0 Å². The van der Waals surface area contributed by atoms with E-state index in [1.807, 2.05) is 0 Å². The molecule has 0 aliphatic carbocycles. The number of benzene rings is 1. The summed E-state index contributed by atoms with van der Waals surface area (Å²) in [5, 5.41) is 0. The SMILES string of the molecule is CCCOc1cc(C(C)(C)CC)ccc1C(C)(C)CC. The summed E-state index contributed by atoms with van der Waals surface area (Å²) in [5.74, 6) is 1.08. The lowest BCUT2D eigenvalue weighted by Crippen LogP contribution is -2.20. The van der Waals surface area contributed by atoms with Crippen molar-refractivity contribution in [2.24, 2.45) is 0 Å². The quantitative estimate of drug-likeness (QED) is 0.607. The van der Waals surface area contributed by atoms with Gasteiger partial charge in [-0.25, -0.2) is 0 Å². The predicted octanol–water partition coefficient (Wildman–Crippen LogP) is 5.85. The minimum atomic E-state index is 0.165. The van der Waals surface area contributed by atoms with Crippen LogP contribution in [0.3, 0.4) is 0 Å². The van der Waals surface area contributed by atoms with Crippen LogP contribution in [0.5, 0.6) is 5.75 Å². The van der Waals surface area contributed by atoms with Crippen molar-refractivity contribution < 1.29 is 4.74 Å². The molecule has 0 unspecified atom stereocenters. The van der Waals surface area contributed by atoms with Crippen LogP contribution in [0, 0.1) is 0 Å². The first-order valence-electron chi connectivity index (χ1n) is 8.06. The molecule has 0 fully saturated rings. The van der Waals surface area contributed by atoms with Crippen LogP contribution in [0.25, 0.3) is 0 Å². The van der Waals surface area contributed by atoms with Gasteiger partial charge in [-0.05, 0) is 47.3 Å². The van der Waals surface area contributed by atoms with Crippen LogP contribution in [-0.2, 0) is 10.8 Å². The van der Waals surface area contributed by atoms with Gasteiger partial charge in [0.05, 0.1) is 6.61 Å². The molecule has 0 spiro atoms. The van der Waals surface area contributed by atoms with Gasteiger partial charge in [0.1, 0.15) is 5.75 Å². The Bertz CT molecular complexity index is 429. The summed E-state index contributed by atoms with van der Waals surface area (Å²) in [4.78, 5) is 0. The maximum atomic E-state index is 6.05. The molecule has 1 nitrogen and oxygen atoms in total. The molecule has 1 aromatic carbocycles. The van der Waals surface area contributed by atoms with Gasteiger partial charge in [-0.3, -0.25) is 0 Å². The molecule has 0 N–H and O–H groups in total. The fourth-order valence-corrected chi connectivity index (χ4v) is 2.23. The molecule has 114 valence electrons. The number of hydrogen-bond donors (Lipinski definition) is 0. The maximum Gasteiger partial charge on any atom is 0.123 e. The Hall–Kier alpha value is -0.980. The summed E-state index contributed by atoms with van der Waals surface area (Å²) in [6.45, 7) is 16.6. The molecule has 1 heteroatoms. The molecule has 0 radical (unpaired) electrons. The van der Waals surface area contributed by atoms with Gasteiger partial charge in [0.25, 0.3) is 0 Å². The fraction of sp³-hybridized carbons (Fsp3) is 0.684. The molecule has 0 bridgehead atoms. The smallest absolute Gasteiger partial charge is 0.123 e. The Labute approximate surface area is 125 Å². The van der Waals surface area contributed by atoms with Gasteiger partial charge in [-0.2, -0.15) is 0 Å². The lowest BCUT2D eigenvalue weighted by atomic mass is 9.77. The normalized spacial score (nSPS) is 12.6. The highest BCUT2D eigenvalue weighted by atomic mass is 16.5. The van der Waals surface area contributed by atoms with Crippen LogP contribution in [0.2, 0.25) is 0 Å². The van der Waals surface area contributed by atoms with Crippen molar-refractivity contribution in [1.29, 1.82) is 0 Å². The minimum Gasteiger partial charge on any atom is -0.493 e. The summed E-state index contributed by atoms with van der Waals surface area (Å²) in [7, 11) is 0. The first-order valence-corrected chi connectivity index (χ1v) is 8.06. The summed E-state index contributed by atoms with van der Waals surface area (Å²) < 4.78 is 6.05. The van der Waals surface area contributed by atoms with E-state index in [1.165, 1.54) is 11.1 Å². The molecular weight excluding hydrogens is 244 g/mol. The van der Waals surface area contributed by atoms with E-state index < -0.39 is 0 Å². The van der Waals surface area contributed by atoms with Gasteiger partial charge in [0, 0.05) is 0 Å². The molecule has 0 atom stereocenters. The monoisotopic (exact) mass is 276 g/mol. The molecule has 0 aromatic heterocycles. The van der Waals surface area contributed by atoms with E-state index in [0.717, 1.165) is 31.6 Å². The molecule has 0 aliphatic rings. The summed E-state index contributed by atoms with van der Waals surface area (Å²) in [5.41, 5.74) is 3.09. The second-order valence-electron chi connectivity index (χ2n) is 7.03. The second kappa shape index (κ2) is 6.65. The molecule has 1 rings (SSSR count). The van der Waals surface area contributed by atoms with Crippen LogP contribution < -0.4 is 4.74 Å². The highest BCUT2D eigenvalue weighted by molar-refractivity contribution is 5.44. The Kier molecular flexibility index (Phi) is 5.68. The average Bonchev–Trinajstić information content (AvgIpc) is 2.44. The standard InChI is InChI=1S/C19H32O/c1-8-13-20-17-14-15(18(4,5)9-2)11-12-16(17)19(6,7)10-3/h11-12,14H,8-10,13H2,1-7H3. The van der Waals surface area contributed by atoms with Gasteiger partial charge < -0.3 is 4.74 Å². The number of ether oxygens (including phenoxy) is 1. The topological polar surface area (TPSA) is 9.23 Å². The molecule has 0 saturated heterocycles. The predicted molar refractivity (Wildman–Crippen MR) is 88.9 cm³/mol.